The van der Waals surface area contributed by atoms with Crippen molar-refractivity contribution in [3.05, 3.63) is 49.6 Å². The lowest BCUT2D eigenvalue weighted by molar-refractivity contribution is -0.137. The fourth-order valence-corrected chi connectivity index (χ4v) is 1.11. The van der Waals surface area contributed by atoms with E-state index in [0.717, 1.165) is 12.8 Å². The van der Waals surface area contributed by atoms with Gasteiger partial charge in [-0.05, 0) is 36.8 Å². The number of aromatic hydroxyl groups is 1. The minimum absolute atomic E-state index is 0.173. The predicted molar refractivity (Wildman–Crippen MR) is 83.0 cm³/mol. The van der Waals surface area contributed by atoms with E-state index in [9.17, 15) is 9.59 Å². The molecule has 0 saturated heterocycles. The van der Waals surface area contributed by atoms with Crippen LogP contribution in [0.15, 0.2) is 49.6 Å². The van der Waals surface area contributed by atoms with Crippen LogP contribution in [-0.2, 0) is 14.3 Å². The molecular formula is C16H21NO4. The first-order chi connectivity index (χ1) is 10.0. The normalized spacial score (nSPS) is 8.81. The topological polar surface area (TPSA) is 75.6 Å². The molecule has 0 unspecified atom stereocenters. The maximum Gasteiger partial charge on any atom is 0.330 e. The fourth-order valence-electron chi connectivity index (χ4n) is 1.11. The number of hydrogen-bond donors (Lipinski definition) is 2. The Morgan fingerprint density at radius 1 is 1.24 bits per heavy atom. The number of benzene rings is 1. The van der Waals surface area contributed by atoms with Crippen LogP contribution in [0.4, 0.5) is 5.69 Å². The average molecular weight is 291 g/mol. The van der Waals surface area contributed by atoms with Crippen molar-refractivity contribution < 1.29 is 19.4 Å². The zero-order chi connectivity index (χ0) is 16.1. The van der Waals surface area contributed by atoms with Crippen molar-refractivity contribution in [3.63, 3.8) is 0 Å². The molecule has 1 aromatic rings. The first-order valence-electron chi connectivity index (χ1n) is 6.55. The van der Waals surface area contributed by atoms with Gasteiger partial charge < -0.3 is 15.2 Å². The van der Waals surface area contributed by atoms with E-state index in [4.69, 9.17) is 5.11 Å². The molecule has 0 aromatic heterocycles. The van der Waals surface area contributed by atoms with E-state index < -0.39 is 0 Å². The van der Waals surface area contributed by atoms with Crippen LogP contribution in [0.1, 0.15) is 19.8 Å². The number of phenolic OH excluding ortho intramolecular Hbond substituents is 1. The van der Waals surface area contributed by atoms with Crippen molar-refractivity contribution in [1.82, 2.24) is 0 Å². The van der Waals surface area contributed by atoms with Crippen LogP contribution >= 0.6 is 0 Å². The molecule has 1 amide bonds. The van der Waals surface area contributed by atoms with Gasteiger partial charge >= 0.3 is 5.97 Å². The molecule has 0 fully saturated rings. The Labute approximate surface area is 124 Å². The number of esters is 1. The third-order valence-corrected chi connectivity index (χ3v) is 2.23. The van der Waals surface area contributed by atoms with Crippen molar-refractivity contribution in [2.24, 2.45) is 0 Å². The molecule has 5 nitrogen and oxygen atoms in total. The molecule has 0 aliphatic rings. The maximum absolute atomic E-state index is 10.8. The average Bonchev–Trinajstić information content (AvgIpc) is 2.50. The number of phenols is 1. The van der Waals surface area contributed by atoms with Crippen LogP contribution in [0.5, 0.6) is 5.75 Å². The Morgan fingerprint density at radius 2 is 1.86 bits per heavy atom. The van der Waals surface area contributed by atoms with E-state index in [2.05, 4.69) is 23.2 Å². The minimum atomic E-state index is -0.330. The molecule has 0 aliphatic carbocycles. The van der Waals surface area contributed by atoms with Crippen LogP contribution < -0.4 is 5.32 Å². The number of anilines is 1. The highest BCUT2D eigenvalue weighted by molar-refractivity contribution is 5.98. The van der Waals surface area contributed by atoms with Crippen molar-refractivity contribution in [2.75, 3.05) is 11.9 Å². The summed E-state index contributed by atoms with van der Waals surface area (Å²) in [6, 6.07) is 6.21. The number of carbonyl (C=O) groups is 2. The maximum atomic E-state index is 10.8. The molecule has 114 valence electrons. The van der Waals surface area contributed by atoms with E-state index in [1.165, 1.54) is 24.3 Å². The largest absolute Gasteiger partial charge is 0.508 e. The molecule has 0 atom stereocenters. The van der Waals surface area contributed by atoms with E-state index in [1.807, 2.05) is 6.92 Å². The summed E-state index contributed by atoms with van der Waals surface area (Å²) >= 11 is 0. The van der Waals surface area contributed by atoms with Crippen LogP contribution in [0, 0.1) is 0 Å². The number of unbranched alkanes of at least 4 members (excludes halogenated alkanes) is 1. The molecule has 1 aromatic carbocycles. The number of ether oxygens (including phenoxy) is 1. The molecule has 0 bridgehead atoms. The summed E-state index contributed by atoms with van der Waals surface area (Å²) in [7, 11) is 0. The second kappa shape index (κ2) is 11.3. The molecule has 1 rings (SSSR count). The van der Waals surface area contributed by atoms with Crippen LogP contribution in [-0.4, -0.2) is 23.6 Å². The molecule has 0 aliphatic heterocycles. The number of carbonyl (C=O) groups excluding carboxylic acids is 2. The Kier molecular flexibility index (Phi) is 9.91. The second-order valence-electron chi connectivity index (χ2n) is 3.97. The summed E-state index contributed by atoms with van der Waals surface area (Å²) in [6.07, 6.45) is 4.34. The van der Waals surface area contributed by atoms with Crippen molar-refractivity contribution in [2.45, 2.75) is 19.8 Å². The van der Waals surface area contributed by atoms with Gasteiger partial charge in [-0.25, -0.2) is 4.79 Å². The Balaban J connectivity index is 0.000000400. The lowest BCUT2D eigenvalue weighted by atomic mass is 10.3. The third-order valence-electron chi connectivity index (χ3n) is 2.23. The lowest BCUT2D eigenvalue weighted by Gasteiger charge is -2.00. The first-order valence-corrected chi connectivity index (χ1v) is 6.55. The lowest BCUT2D eigenvalue weighted by Crippen LogP contribution is -2.06. The highest BCUT2D eigenvalue weighted by Gasteiger charge is 1.95. The Morgan fingerprint density at radius 3 is 2.33 bits per heavy atom. The minimum Gasteiger partial charge on any atom is -0.508 e. The van der Waals surface area contributed by atoms with Crippen molar-refractivity contribution in [3.8, 4) is 5.75 Å². The fraction of sp³-hybridized carbons (Fsp3) is 0.250. The standard InChI is InChI=1S/C9H9NO2.C7H12O2/c1-2-9(12)10-7-3-5-8(11)6-4-7;1-3-5-6-9-7(8)4-2/h2-6,11H,1H2,(H,10,12);4H,2-3,5-6H2,1H3. The van der Waals surface area contributed by atoms with E-state index in [1.54, 1.807) is 12.1 Å². The van der Waals surface area contributed by atoms with Gasteiger partial charge in [-0.1, -0.05) is 26.5 Å². The summed E-state index contributed by atoms with van der Waals surface area (Å²) in [5.41, 5.74) is 0.637. The number of rotatable bonds is 6. The van der Waals surface area contributed by atoms with Crippen molar-refractivity contribution in [1.29, 1.82) is 0 Å². The third kappa shape index (κ3) is 9.95. The second-order valence-corrected chi connectivity index (χ2v) is 3.97. The van der Waals surface area contributed by atoms with Gasteiger partial charge in [-0.3, -0.25) is 4.79 Å². The first kappa shape index (κ1) is 18.4. The number of amides is 1. The molecule has 2 N–H and O–H groups in total. The van der Waals surface area contributed by atoms with Gasteiger partial charge in [-0.15, -0.1) is 0 Å². The molecule has 0 heterocycles. The molecule has 5 heteroatoms. The smallest absolute Gasteiger partial charge is 0.330 e. The number of hydrogen-bond acceptors (Lipinski definition) is 4. The molecular weight excluding hydrogens is 270 g/mol. The van der Waals surface area contributed by atoms with Gasteiger partial charge in [0.2, 0.25) is 5.91 Å². The van der Waals surface area contributed by atoms with E-state index in [-0.39, 0.29) is 17.6 Å². The molecule has 21 heavy (non-hydrogen) atoms. The predicted octanol–water partition coefficient (Wildman–Crippen LogP) is 3.03. The molecule has 0 spiro atoms. The van der Waals surface area contributed by atoms with Crippen LogP contribution in [0.25, 0.3) is 0 Å². The van der Waals surface area contributed by atoms with E-state index in [0.29, 0.717) is 12.3 Å². The highest BCUT2D eigenvalue weighted by Crippen LogP contribution is 2.13. The van der Waals surface area contributed by atoms with Crippen molar-refractivity contribution >= 4 is 17.6 Å². The molecule has 0 saturated carbocycles. The van der Waals surface area contributed by atoms with E-state index >= 15 is 0 Å². The van der Waals surface area contributed by atoms with Gasteiger partial charge in [0.1, 0.15) is 5.75 Å². The summed E-state index contributed by atoms with van der Waals surface area (Å²) in [5.74, 6) is -0.421. The van der Waals surface area contributed by atoms with Gasteiger partial charge in [0.05, 0.1) is 6.61 Å². The SMILES string of the molecule is C=CC(=O)Nc1ccc(O)cc1.C=CC(=O)OCCCC. The summed E-state index contributed by atoms with van der Waals surface area (Å²) < 4.78 is 4.67. The zero-order valence-electron chi connectivity index (χ0n) is 12.2. The monoisotopic (exact) mass is 291 g/mol. The highest BCUT2D eigenvalue weighted by atomic mass is 16.5. The van der Waals surface area contributed by atoms with Gasteiger partial charge in [0.15, 0.2) is 0 Å². The molecule has 0 radical (unpaired) electrons. The van der Waals surface area contributed by atoms with Crippen LogP contribution in [0.3, 0.4) is 0 Å². The summed E-state index contributed by atoms with van der Waals surface area (Å²) in [6.45, 7) is 9.14. The summed E-state index contributed by atoms with van der Waals surface area (Å²) in [4.78, 5) is 21.1. The Bertz CT molecular complexity index is 466. The van der Waals surface area contributed by atoms with Gasteiger partial charge in [-0.2, -0.15) is 0 Å². The Hall–Kier alpha value is -2.56. The van der Waals surface area contributed by atoms with Gasteiger partial charge in [0, 0.05) is 11.8 Å². The van der Waals surface area contributed by atoms with Crippen LogP contribution in [0.2, 0.25) is 0 Å². The zero-order valence-corrected chi connectivity index (χ0v) is 12.2. The number of nitrogens with one attached hydrogen (secondary N) is 1. The van der Waals surface area contributed by atoms with Gasteiger partial charge in [0.25, 0.3) is 0 Å². The quantitative estimate of drug-likeness (QED) is 0.365. The summed E-state index contributed by atoms with van der Waals surface area (Å²) in [5, 5.41) is 11.5.